The molecule has 1 aromatic rings. The Bertz CT molecular complexity index is 530. The summed E-state index contributed by atoms with van der Waals surface area (Å²) in [7, 11) is 1.71. The second-order valence-corrected chi connectivity index (χ2v) is 7.15. The largest absolute Gasteiger partial charge is 0.497 e. The number of methoxy groups -OCH3 is 1. The number of morpholine rings is 1. The molecule has 3 rings (SSSR count). The van der Waals surface area contributed by atoms with Gasteiger partial charge in [-0.25, -0.2) is 0 Å². The van der Waals surface area contributed by atoms with Crippen molar-refractivity contribution in [2.75, 3.05) is 58.8 Å². The Hall–Kier alpha value is -1.24. The van der Waals surface area contributed by atoms with Crippen LogP contribution in [0.15, 0.2) is 29.3 Å². The van der Waals surface area contributed by atoms with Crippen molar-refractivity contribution in [3.63, 3.8) is 0 Å². The molecule has 1 aromatic carbocycles. The third-order valence-corrected chi connectivity index (χ3v) is 5.51. The molecule has 5 nitrogen and oxygen atoms in total. The molecule has 2 heterocycles. The number of aliphatic imine (C=N–C) groups is 1. The van der Waals surface area contributed by atoms with Gasteiger partial charge in [-0.3, -0.25) is 9.89 Å². The zero-order valence-electron chi connectivity index (χ0n) is 14.4. The van der Waals surface area contributed by atoms with Crippen LogP contribution in [-0.2, 0) is 11.3 Å². The number of hydrogen-bond donors (Lipinski definition) is 0. The monoisotopic (exact) mass is 349 g/mol. The first kappa shape index (κ1) is 17.6. The lowest BCUT2D eigenvalue weighted by Gasteiger charge is -2.32. The van der Waals surface area contributed by atoms with Crippen LogP contribution in [-0.4, -0.2) is 73.8 Å². The first-order chi connectivity index (χ1) is 11.8. The average molecular weight is 350 g/mol. The van der Waals surface area contributed by atoms with Gasteiger partial charge in [-0.15, -0.1) is 0 Å². The summed E-state index contributed by atoms with van der Waals surface area (Å²) in [6.45, 7) is 7.73. The van der Waals surface area contributed by atoms with Crippen molar-refractivity contribution < 1.29 is 9.47 Å². The van der Waals surface area contributed by atoms with Crippen LogP contribution in [0, 0.1) is 0 Å². The molecular weight excluding hydrogens is 322 g/mol. The second kappa shape index (κ2) is 9.30. The minimum Gasteiger partial charge on any atom is -0.497 e. The summed E-state index contributed by atoms with van der Waals surface area (Å²) >= 11 is 1.89. The zero-order valence-corrected chi connectivity index (χ0v) is 15.3. The number of hydrogen-bond acceptors (Lipinski definition) is 6. The van der Waals surface area contributed by atoms with Crippen molar-refractivity contribution in [1.29, 1.82) is 0 Å². The molecular formula is C18H27N3O2S. The van der Waals surface area contributed by atoms with E-state index >= 15 is 0 Å². The fraction of sp³-hybridized carbons (Fsp3) is 0.611. The fourth-order valence-electron chi connectivity index (χ4n) is 2.92. The Balaban J connectivity index is 1.62. The third-order valence-electron chi connectivity index (χ3n) is 4.37. The number of nitrogens with zero attached hydrogens (tertiary/aromatic N) is 3. The van der Waals surface area contributed by atoms with Crippen LogP contribution in [0.3, 0.4) is 0 Å². The quantitative estimate of drug-likeness (QED) is 0.788. The van der Waals surface area contributed by atoms with Gasteiger partial charge in [0.05, 0.1) is 20.3 Å². The van der Waals surface area contributed by atoms with E-state index in [9.17, 15) is 0 Å². The van der Waals surface area contributed by atoms with Gasteiger partial charge in [0.25, 0.3) is 0 Å². The highest BCUT2D eigenvalue weighted by atomic mass is 32.2. The van der Waals surface area contributed by atoms with E-state index in [1.165, 1.54) is 22.9 Å². The van der Waals surface area contributed by atoms with Crippen LogP contribution < -0.4 is 4.74 Å². The highest BCUT2D eigenvalue weighted by molar-refractivity contribution is 8.13. The Morgan fingerprint density at radius 2 is 2.04 bits per heavy atom. The van der Waals surface area contributed by atoms with Gasteiger partial charge < -0.3 is 14.4 Å². The number of ether oxygens (including phenoxy) is 2. The van der Waals surface area contributed by atoms with Crippen LogP contribution in [0.1, 0.15) is 12.0 Å². The smallest absolute Gasteiger partial charge is 0.159 e. The lowest BCUT2D eigenvalue weighted by molar-refractivity contribution is 0.0358. The molecule has 2 aliphatic rings. The van der Waals surface area contributed by atoms with Crippen LogP contribution in [0.4, 0.5) is 0 Å². The number of rotatable bonds is 6. The molecule has 24 heavy (non-hydrogen) atoms. The summed E-state index contributed by atoms with van der Waals surface area (Å²) in [4.78, 5) is 9.68. The summed E-state index contributed by atoms with van der Waals surface area (Å²) in [6, 6.07) is 8.36. The van der Waals surface area contributed by atoms with Gasteiger partial charge in [0.1, 0.15) is 5.75 Å². The highest BCUT2D eigenvalue weighted by Gasteiger charge is 2.17. The van der Waals surface area contributed by atoms with Crippen molar-refractivity contribution in [3.05, 3.63) is 29.8 Å². The van der Waals surface area contributed by atoms with Crippen molar-refractivity contribution in [2.45, 2.75) is 13.0 Å². The van der Waals surface area contributed by atoms with Crippen LogP contribution in [0.5, 0.6) is 5.75 Å². The second-order valence-electron chi connectivity index (χ2n) is 6.09. The zero-order chi connectivity index (χ0) is 16.6. The van der Waals surface area contributed by atoms with Gasteiger partial charge in [0.2, 0.25) is 0 Å². The molecule has 0 amide bonds. The minimum absolute atomic E-state index is 0.855. The molecule has 0 saturated carbocycles. The van der Waals surface area contributed by atoms with Gasteiger partial charge in [0, 0.05) is 45.0 Å². The Labute approximate surface area is 149 Å². The standard InChI is InChI=1S/C18H27N3O2S/c1-22-17-5-3-16(4-6-17)15-21(18-19-7-2-14-24-18)9-8-20-10-12-23-13-11-20/h3-6H,2,7-15H2,1H3. The first-order valence-electron chi connectivity index (χ1n) is 8.70. The normalized spacial score (nSPS) is 19.0. The van der Waals surface area contributed by atoms with Crippen molar-refractivity contribution in [3.8, 4) is 5.75 Å². The molecule has 0 aromatic heterocycles. The maximum absolute atomic E-state index is 5.45. The predicted molar refractivity (Wildman–Crippen MR) is 100 cm³/mol. The number of amidine groups is 1. The number of thioether (sulfide) groups is 1. The lowest BCUT2D eigenvalue weighted by atomic mass is 10.2. The predicted octanol–water partition coefficient (Wildman–Crippen LogP) is 2.32. The maximum atomic E-state index is 5.45. The maximum Gasteiger partial charge on any atom is 0.159 e. The summed E-state index contributed by atoms with van der Waals surface area (Å²) in [5.74, 6) is 2.08. The Kier molecular flexibility index (Phi) is 6.81. The molecule has 6 heteroatoms. The van der Waals surface area contributed by atoms with E-state index in [1.54, 1.807) is 7.11 Å². The number of benzene rings is 1. The van der Waals surface area contributed by atoms with Crippen LogP contribution >= 0.6 is 11.8 Å². The van der Waals surface area contributed by atoms with Gasteiger partial charge in [0.15, 0.2) is 5.17 Å². The van der Waals surface area contributed by atoms with Crippen molar-refractivity contribution in [1.82, 2.24) is 9.80 Å². The van der Waals surface area contributed by atoms with Crippen LogP contribution in [0.25, 0.3) is 0 Å². The first-order valence-corrected chi connectivity index (χ1v) is 9.69. The average Bonchev–Trinajstić information content (AvgIpc) is 2.67. The van der Waals surface area contributed by atoms with E-state index < -0.39 is 0 Å². The molecule has 0 N–H and O–H groups in total. The van der Waals surface area contributed by atoms with E-state index in [2.05, 4.69) is 21.9 Å². The molecule has 1 fully saturated rings. The van der Waals surface area contributed by atoms with E-state index in [1.807, 2.05) is 23.9 Å². The molecule has 132 valence electrons. The lowest BCUT2D eigenvalue weighted by Crippen LogP contribution is -2.42. The van der Waals surface area contributed by atoms with E-state index in [0.717, 1.165) is 58.2 Å². The molecule has 0 unspecified atom stereocenters. The Morgan fingerprint density at radius 1 is 1.25 bits per heavy atom. The molecule has 0 spiro atoms. The van der Waals surface area contributed by atoms with Crippen molar-refractivity contribution >= 4 is 16.9 Å². The van der Waals surface area contributed by atoms with Gasteiger partial charge in [-0.2, -0.15) is 0 Å². The van der Waals surface area contributed by atoms with E-state index in [-0.39, 0.29) is 0 Å². The topological polar surface area (TPSA) is 37.3 Å². The highest BCUT2D eigenvalue weighted by Crippen LogP contribution is 2.19. The molecule has 0 aliphatic carbocycles. The van der Waals surface area contributed by atoms with Crippen LogP contribution in [0.2, 0.25) is 0 Å². The third kappa shape index (κ3) is 5.13. The van der Waals surface area contributed by atoms with Gasteiger partial charge >= 0.3 is 0 Å². The summed E-state index contributed by atoms with van der Waals surface area (Å²) < 4.78 is 10.7. The molecule has 1 saturated heterocycles. The molecule has 0 atom stereocenters. The summed E-state index contributed by atoms with van der Waals surface area (Å²) in [5.41, 5.74) is 1.30. The summed E-state index contributed by atoms with van der Waals surface area (Å²) in [6.07, 6.45) is 1.19. The Morgan fingerprint density at radius 3 is 2.71 bits per heavy atom. The van der Waals surface area contributed by atoms with Gasteiger partial charge in [-0.1, -0.05) is 23.9 Å². The molecule has 0 radical (unpaired) electrons. The fourth-order valence-corrected chi connectivity index (χ4v) is 3.90. The molecule has 2 aliphatic heterocycles. The van der Waals surface area contributed by atoms with Gasteiger partial charge in [-0.05, 0) is 24.1 Å². The van der Waals surface area contributed by atoms with E-state index in [0.29, 0.717) is 0 Å². The minimum atomic E-state index is 0.855. The van der Waals surface area contributed by atoms with Crippen molar-refractivity contribution in [2.24, 2.45) is 4.99 Å². The van der Waals surface area contributed by atoms with E-state index in [4.69, 9.17) is 14.5 Å². The summed E-state index contributed by atoms with van der Waals surface area (Å²) in [5, 5.41) is 1.20. The SMILES string of the molecule is COc1ccc(CN(CCN2CCOCC2)C2=NCCCS2)cc1. The molecule has 0 bridgehead atoms.